The van der Waals surface area contributed by atoms with Crippen molar-refractivity contribution in [2.75, 3.05) is 11.6 Å². The summed E-state index contributed by atoms with van der Waals surface area (Å²) in [7, 11) is 0. The zero-order valence-corrected chi connectivity index (χ0v) is 4.35. The van der Waals surface area contributed by atoms with E-state index in [9.17, 15) is 0 Å². The largest absolute Gasteiger partial charge is 0.155 e. The average Bonchev–Trinajstić information content (AvgIpc) is 2.12. The van der Waals surface area contributed by atoms with Gasteiger partial charge in [0.2, 0.25) is 0 Å². The first-order chi connectivity index (χ1) is 2.43. The molecule has 1 rings (SSSR count). The first kappa shape index (κ1) is 3.82. The van der Waals surface area contributed by atoms with Crippen LogP contribution in [-0.2, 0) is 0 Å². The molecule has 0 saturated carbocycles. The molecule has 0 bridgehead atoms. The van der Waals surface area contributed by atoms with E-state index >= 15 is 0 Å². The van der Waals surface area contributed by atoms with Crippen molar-refractivity contribution < 1.29 is 0 Å². The second kappa shape index (κ2) is 1.39. The lowest BCUT2D eigenvalue weighted by molar-refractivity contribution is 1.26. The lowest BCUT2D eigenvalue weighted by Crippen LogP contribution is -1.77. The predicted octanol–water partition coefficient (Wildman–Crippen LogP) is 1.34. The van der Waals surface area contributed by atoms with Gasteiger partial charge in [-0.15, -0.1) is 11.6 Å². The summed E-state index contributed by atoms with van der Waals surface area (Å²) in [6.45, 7) is 0. The highest BCUT2D eigenvalue weighted by Gasteiger charge is 2.19. The number of hydrogen-bond acceptors (Lipinski definition) is 1. The van der Waals surface area contributed by atoms with E-state index in [0.717, 1.165) is 11.1 Å². The third-order valence-electron chi connectivity index (χ3n) is 0.574. The first-order valence-electron chi connectivity index (χ1n) is 1.61. The van der Waals surface area contributed by atoms with Gasteiger partial charge in [-0.1, -0.05) is 0 Å². The highest BCUT2D eigenvalue weighted by atomic mass is 35.5. The van der Waals surface area contributed by atoms with E-state index in [1.165, 1.54) is 5.75 Å². The average molecular weight is 109 g/mol. The summed E-state index contributed by atoms with van der Waals surface area (Å²) in [6, 6.07) is 0. The summed E-state index contributed by atoms with van der Waals surface area (Å²) in [4.78, 5) is 0. The highest BCUT2D eigenvalue weighted by Crippen LogP contribution is 2.30. The quantitative estimate of drug-likeness (QED) is 0.361. The van der Waals surface area contributed by atoms with E-state index in [1.54, 1.807) is 0 Å². The molecular weight excluding hydrogens is 104 g/mol. The minimum Gasteiger partial charge on any atom is -0.155 e. The Morgan fingerprint density at radius 2 is 2.60 bits per heavy atom. The van der Waals surface area contributed by atoms with Crippen molar-refractivity contribution in [2.24, 2.45) is 0 Å². The van der Waals surface area contributed by atoms with E-state index < -0.39 is 0 Å². The van der Waals surface area contributed by atoms with Crippen molar-refractivity contribution in [1.82, 2.24) is 0 Å². The molecule has 30 valence electrons. The molecule has 5 heavy (non-hydrogen) atoms. The van der Waals surface area contributed by atoms with Gasteiger partial charge in [-0.3, -0.25) is 0 Å². The normalized spacial score (nSPS) is 34.2. The summed E-state index contributed by atoms with van der Waals surface area (Å²) >= 11 is 7.31. The van der Waals surface area contributed by atoms with Crippen LogP contribution < -0.4 is 0 Å². The van der Waals surface area contributed by atoms with E-state index in [2.05, 4.69) is 0 Å². The molecule has 1 aliphatic rings. The summed E-state index contributed by atoms with van der Waals surface area (Å²) in [5, 5.41) is 0.816. The molecule has 1 atom stereocenters. The Morgan fingerprint density at radius 1 is 2.00 bits per heavy atom. The molecule has 0 N–H and O–H groups in total. The smallest absolute Gasteiger partial charge is 0.0350 e. The van der Waals surface area contributed by atoms with Gasteiger partial charge in [0.1, 0.15) is 0 Å². The Hall–Kier alpha value is 0.640. The number of rotatable bonds is 1. The van der Waals surface area contributed by atoms with Gasteiger partial charge in [0.25, 0.3) is 0 Å². The number of thioether (sulfide) groups is 1. The van der Waals surface area contributed by atoms with Crippen LogP contribution in [0.4, 0.5) is 0 Å². The van der Waals surface area contributed by atoms with Gasteiger partial charge in [0, 0.05) is 16.9 Å². The van der Waals surface area contributed by atoms with Crippen LogP contribution in [0, 0.1) is 0 Å². The fraction of sp³-hybridized carbons (Fsp3) is 1.00. The van der Waals surface area contributed by atoms with Gasteiger partial charge >= 0.3 is 0 Å². The standard InChI is InChI=1S/C3H5ClS/c4-1-3-2-5-3/h3H,1-2H2/t3-/m1/s1. The lowest BCUT2D eigenvalue weighted by atomic mass is 10.6. The molecule has 0 aromatic carbocycles. The Balaban J connectivity index is 2.00. The van der Waals surface area contributed by atoms with Crippen LogP contribution in [0.5, 0.6) is 0 Å². The van der Waals surface area contributed by atoms with Gasteiger partial charge in [0.15, 0.2) is 0 Å². The molecule has 0 aromatic heterocycles. The number of alkyl halides is 1. The minimum absolute atomic E-state index is 0.816. The third-order valence-corrected chi connectivity index (χ3v) is 2.10. The van der Waals surface area contributed by atoms with Crippen LogP contribution in [0.3, 0.4) is 0 Å². The van der Waals surface area contributed by atoms with E-state index in [1.807, 2.05) is 11.8 Å². The molecule has 1 saturated heterocycles. The van der Waals surface area contributed by atoms with Crippen LogP contribution in [0.2, 0.25) is 0 Å². The zero-order chi connectivity index (χ0) is 3.70. The van der Waals surface area contributed by atoms with Crippen molar-refractivity contribution in [3.05, 3.63) is 0 Å². The van der Waals surface area contributed by atoms with Crippen molar-refractivity contribution >= 4 is 23.4 Å². The van der Waals surface area contributed by atoms with Crippen LogP contribution in [0.25, 0.3) is 0 Å². The molecular formula is C3H5ClS. The van der Waals surface area contributed by atoms with E-state index in [0.29, 0.717) is 0 Å². The van der Waals surface area contributed by atoms with Crippen molar-refractivity contribution in [2.45, 2.75) is 5.25 Å². The third kappa shape index (κ3) is 1.02. The van der Waals surface area contributed by atoms with Crippen LogP contribution in [-0.4, -0.2) is 16.9 Å². The fourth-order valence-electron chi connectivity index (χ4n) is 0.157. The molecule has 1 heterocycles. The maximum absolute atomic E-state index is 5.38. The topological polar surface area (TPSA) is 0 Å². The lowest BCUT2D eigenvalue weighted by Gasteiger charge is -1.68. The Labute approximate surface area is 40.9 Å². The molecule has 2 heteroatoms. The molecule has 0 amide bonds. The monoisotopic (exact) mass is 108 g/mol. The van der Waals surface area contributed by atoms with Gasteiger partial charge in [-0.25, -0.2) is 0 Å². The minimum atomic E-state index is 0.816. The SMILES string of the molecule is ClC[C@@H]1CS1. The molecule has 0 spiro atoms. The van der Waals surface area contributed by atoms with Gasteiger partial charge in [-0.05, 0) is 0 Å². The summed E-state index contributed by atoms with van der Waals surface area (Å²) in [6.07, 6.45) is 0. The Bertz CT molecular complexity index is 33.9. The van der Waals surface area contributed by atoms with Crippen LogP contribution >= 0.6 is 23.4 Å². The summed E-state index contributed by atoms with van der Waals surface area (Å²) < 4.78 is 0. The van der Waals surface area contributed by atoms with Crippen LogP contribution in [0.15, 0.2) is 0 Å². The molecule has 0 aromatic rings. The zero-order valence-electron chi connectivity index (χ0n) is 2.78. The second-order valence-electron chi connectivity index (χ2n) is 1.11. The molecule has 1 fully saturated rings. The maximum atomic E-state index is 5.38. The molecule has 0 unspecified atom stereocenters. The summed E-state index contributed by atoms with van der Waals surface area (Å²) in [5.74, 6) is 2.15. The van der Waals surface area contributed by atoms with Crippen molar-refractivity contribution in [3.63, 3.8) is 0 Å². The van der Waals surface area contributed by atoms with Crippen LogP contribution in [0.1, 0.15) is 0 Å². The fourth-order valence-corrected chi connectivity index (χ4v) is 1.01. The van der Waals surface area contributed by atoms with Crippen molar-refractivity contribution in [3.8, 4) is 0 Å². The molecule has 1 aliphatic heterocycles. The van der Waals surface area contributed by atoms with Crippen molar-refractivity contribution in [1.29, 1.82) is 0 Å². The number of halogens is 1. The maximum Gasteiger partial charge on any atom is 0.0350 e. The Kier molecular flexibility index (Phi) is 1.06. The number of hydrogen-bond donors (Lipinski definition) is 0. The van der Waals surface area contributed by atoms with E-state index in [4.69, 9.17) is 11.6 Å². The van der Waals surface area contributed by atoms with Gasteiger partial charge < -0.3 is 0 Å². The second-order valence-corrected chi connectivity index (χ2v) is 2.75. The summed E-state index contributed by atoms with van der Waals surface area (Å²) in [5.41, 5.74) is 0. The van der Waals surface area contributed by atoms with Gasteiger partial charge in [-0.2, -0.15) is 11.8 Å². The van der Waals surface area contributed by atoms with E-state index in [-0.39, 0.29) is 0 Å². The molecule has 0 radical (unpaired) electrons. The molecule has 0 nitrogen and oxygen atoms in total. The first-order valence-corrected chi connectivity index (χ1v) is 3.19. The Morgan fingerprint density at radius 3 is 2.60 bits per heavy atom. The van der Waals surface area contributed by atoms with Gasteiger partial charge in [0.05, 0.1) is 0 Å². The predicted molar refractivity (Wildman–Crippen MR) is 27.0 cm³/mol. The molecule has 0 aliphatic carbocycles. The highest BCUT2D eigenvalue weighted by molar-refractivity contribution is 8.07.